The van der Waals surface area contributed by atoms with Gasteiger partial charge in [-0.2, -0.15) is 14.6 Å². The van der Waals surface area contributed by atoms with Gasteiger partial charge in [-0.15, -0.1) is 5.10 Å². The van der Waals surface area contributed by atoms with Gasteiger partial charge in [-0.3, -0.25) is 5.10 Å². The van der Waals surface area contributed by atoms with Crippen molar-refractivity contribution in [3.63, 3.8) is 0 Å². The Bertz CT molecular complexity index is 1120. The normalized spacial score (nSPS) is 15.6. The van der Waals surface area contributed by atoms with E-state index in [1.54, 1.807) is 4.52 Å². The zero-order chi connectivity index (χ0) is 18.4. The van der Waals surface area contributed by atoms with Crippen molar-refractivity contribution in [1.82, 2.24) is 24.8 Å². The Hall–Kier alpha value is -3.13. The van der Waals surface area contributed by atoms with E-state index in [4.69, 9.17) is 10.5 Å². The van der Waals surface area contributed by atoms with Crippen molar-refractivity contribution in [3.8, 4) is 11.1 Å². The Labute approximate surface area is 155 Å². The van der Waals surface area contributed by atoms with E-state index in [9.17, 15) is 0 Å². The third kappa shape index (κ3) is 2.78. The van der Waals surface area contributed by atoms with Gasteiger partial charge in [0, 0.05) is 35.9 Å². The highest BCUT2D eigenvalue weighted by molar-refractivity contribution is 5.89. The topological polar surface area (TPSA) is 106 Å². The second-order valence-electron chi connectivity index (χ2n) is 6.95. The van der Waals surface area contributed by atoms with Crippen LogP contribution in [0.5, 0.6) is 0 Å². The van der Waals surface area contributed by atoms with Crippen LogP contribution >= 0.6 is 0 Å². The van der Waals surface area contributed by atoms with Crippen LogP contribution in [0.15, 0.2) is 30.3 Å². The van der Waals surface area contributed by atoms with E-state index in [1.165, 1.54) is 0 Å². The molecule has 3 aromatic heterocycles. The van der Waals surface area contributed by atoms with Crippen molar-refractivity contribution in [2.24, 2.45) is 0 Å². The molecule has 4 N–H and O–H groups in total. The molecule has 1 aliphatic rings. The van der Waals surface area contributed by atoms with Crippen LogP contribution in [0.1, 0.15) is 18.5 Å². The monoisotopic (exact) mass is 363 g/mol. The van der Waals surface area contributed by atoms with Gasteiger partial charge < -0.3 is 15.8 Å². The maximum absolute atomic E-state index is 5.93. The van der Waals surface area contributed by atoms with Crippen molar-refractivity contribution in [2.45, 2.75) is 25.8 Å². The van der Waals surface area contributed by atoms with Gasteiger partial charge in [0.05, 0.1) is 5.52 Å². The molecule has 5 rings (SSSR count). The van der Waals surface area contributed by atoms with Crippen molar-refractivity contribution in [1.29, 1.82) is 0 Å². The van der Waals surface area contributed by atoms with Gasteiger partial charge in [0.25, 0.3) is 0 Å². The first kappa shape index (κ1) is 16.1. The number of hydrogen-bond donors (Lipinski definition) is 3. The molecule has 0 spiro atoms. The number of aryl methyl sites for hydroxylation is 1. The molecule has 4 aromatic rings. The van der Waals surface area contributed by atoms with Crippen LogP contribution in [-0.2, 0) is 4.74 Å². The Morgan fingerprint density at radius 1 is 1.22 bits per heavy atom. The van der Waals surface area contributed by atoms with Crippen molar-refractivity contribution >= 4 is 28.3 Å². The zero-order valence-electron chi connectivity index (χ0n) is 15.1. The van der Waals surface area contributed by atoms with Crippen LogP contribution in [0.4, 0.5) is 11.8 Å². The average molecular weight is 363 g/mol. The van der Waals surface area contributed by atoms with E-state index >= 15 is 0 Å². The van der Waals surface area contributed by atoms with E-state index in [1.807, 2.05) is 13.0 Å². The molecule has 138 valence electrons. The fraction of sp³-hybridized carbons (Fsp3) is 0.316. The molecule has 1 fully saturated rings. The Morgan fingerprint density at radius 3 is 2.93 bits per heavy atom. The number of aromatic amines is 1. The van der Waals surface area contributed by atoms with Crippen molar-refractivity contribution in [2.75, 3.05) is 24.3 Å². The number of nitrogens with two attached hydrogens (primary N) is 1. The number of pyridine rings is 1. The summed E-state index contributed by atoms with van der Waals surface area (Å²) in [7, 11) is 0. The van der Waals surface area contributed by atoms with Gasteiger partial charge in [0.15, 0.2) is 5.65 Å². The fourth-order valence-electron chi connectivity index (χ4n) is 3.68. The molecular weight excluding hydrogens is 342 g/mol. The van der Waals surface area contributed by atoms with Crippen LogP contribution < -0.4 is 11.1 Å². The summed E-state index contributed by atoms with van der Waals surface area (Å²) in [5.41, 5.74) is 10.7. The molecule has 1 aromatic carbocycles. The molecule has 0 radical (unpaired) electrons. The van der Waals surface area contributed by atoms with Crippen molar-refractivity contribution in [3.05, 3.63) is 36.0 Å². The second-order valence-corrected chi connectivity index (χ2v) is 6.95. The third-order valence-electron chi connectivity index (χ3n) is 5.13. The van der Waals surface area contributed by atoms with E-state index in [0.29, 0.717) is 6.04 Å². The average Bonchev–Trinajstić information content (AvgIpc) is 3.25. The van der Waals surface area contributed by atoms with E-state index in [0.717, 1.165) is 65.2 Å². The molecule has 4 heterocycles. The standard InChI is InChI=1S/C19H21N7O/c1-11-14-3-2-12(10-16(14)24-23-11)15-4-5-17(21-13-6-8-27-9-7-13)26-18(15)22-19(20)25-26/h2-5,10,13,21H,6-9H2,1H3,(H2,20,25)(H,23,24). The first-order chi connectivity index (χ1) is 13.2. The van der Waals surface area contributed by atoms with Crippen molar-refractivity contribution < 1.29 is 4.74 Å². The summed E-state index contributed by atoms with van der Waals surface area (Å²) in [6.07, 6.45) is 1.95. The number of nitrogen functional groups attached to an aromatic ring is 1. The van der Waals surface area contributed by atoms with Crippen LogP contribution in [0.2, 0.25) is 0 Å². The Kier molecular flexibility index (Phi) is 3.71. The maximum atomic E-state index is 5.93. The molecule has 27 heavy (non-hydrogen) atoms. The molecule has 1 aliphatic heterocycles. The van der Waals surface area contributed by atoms with Gasteiger partial charge in [-0.05, 0) is 43.5 Å². The summed E-state index contributed by atoms with van der Waals surface area (Å²) in [5, 5.41) is 16.5. The van der Waals surface area contributed by atoms with Gasteiger partial charge in [-0.25, -0.2) is 0 Å². The highest BCUT2D eigenvalue weighted by Gasteiger charge is 2.18. The minimum atomic E-state index is 0.258. The van der Waals surface area contributed by atoms with E-state index < -0.39 is 0 Å². The summed E-state index contributed by atoms with van der Waals surface area (Å²) >= 11 is 0. The Balaban J connectivity index is 1.59. The first-order valence-corrected chi connectivity index (χ1v) is 9.14. The number of nitrogens with zero attached hydrogens (tertiary/aromatic N) is 4. The highest BCUT2D eigenvalue weighted by atomic mass is 16.5. The molecular formula is C19H21N7O. The predicted octanol–water partition coefficient (Wildman–Crippen LogP) is 2.75. The number of benzene rings is 1. The first-order valence-electron chi connectivity index (χ1n) is 9.14. The highest BCUT2D eigenvalue weighted by Crippen LogP contribution is 2.30. The van der Waals surface area contributed by atoms with Crippen LogP contribution in [0, 0.1) is 6.92 Å². The quantitative estimate of drug-likeness (QED) is 0.517. The molecule has 0 saturated carbocycles. The molecule has 8 nitrogen and oxygen atoms in total. The summed E-state index contributed by atoms with van der Waals surface area (Å²) in [4.78, 5) is 4.47. The number of ether oxygens (including phenoxy) is 1. The number of nitrogens with one attached hydrogen (secondary N) is 2. The minimum Gasteiger partial charge on any atom is -0.381 e. The van der Waals surface area contributed by atoms with E-state index in [2.05, 4.69) is 49.9 Å². The molecule has 0 bridgehead atoms. The molecule has 0 amide bonds. The molecule has 0 atom stereocenters. The predicted molar refractivity (Wildman–Crippen MR) is 105 cm³/mol. The Morgan fingerprint density at radius 2 is 2.07 bits per heavy atom. The molecule has 0 unspecified atom stereocenters. The van der Waals surface area contributed by atoms with Crippen LogP contribution in [0.25, 0.3) is 27.7 Å². The lowest BCUT2D eigenvalue weighted by molar-refractivity contribution is 0.0903. The fourth-order valence-corrected chi connectivity index (χ4v) is 3.68. The van der Waals surface area contributed by atoms with Gasteiger partial charge in [0.2, 0.25) is 5.95 Å². The summed E-state index contributed by atoms with van der Waals surface area (Å²) in [6, 6.07) is 10.7. The van der Waals surface area contributed by atoms with Gasteiger partial charge in [-0.1, -0.05) is 12.1 Å². The lowest BCUT2D eigenvalue weighted by Crippen LogP contribution is -2.28. The number of anilines is 2. The summed E-state index contributed by atoms with van der Waals surface area (Å²) < 4.78 is 7.23. The third-order valence-corrected chi connectivity index (χ3v) is 5.13. The minimum absolute atomic E-state index is 0.258. The second kappa shape index (κ2) is 6.24. The zero-order valence-corrected chi connectivity index (χ0v) is 15.1. The number of fused-ring (bicyclic) bond motifs is 2. The SMILES string of the molecule is Cc1[nH]nc2cc(-c3ccc(NC4CCOCC4)n4nc(N)nc34)ccc12. The lowest BCUT2D eigenvalue weighted by atomic mass is 10.0. The summed E-state index contributed by atoms with van der Waals surface area (Å²) in [6.45, 7) is 3.58. The molecule has 8 heteroatoms. The van der Waals surface area contributed by atoms with E-state index in [-0.39, 0.29) is 5.95 Å². The lowest BCUT2D eigenvalue weighted by Gasteiger charge is -2.24. The van der Waals surface area contributed by atoms with Crippen LogP contribution in [-0.4, -0.2) is 44.1 Å². The largest absolute Gasteiger partial charge is 0.381 e. The smallest absolute Gasteiger partial charge is 0.240 e. The summed E-state index contributed by atoms with van der Waals surface area (Å²) in [5.74, 6) is 1.15. The number of aromatic nitrogens is 5. The number of rotatable bonds is 3. The van der Waals surface area contributed by atoms with Gasteiger partial charge >= 0.3 is 0 Å². The molecule has 0 aliphatic carbocycles. The van der Waals surface area contributed by atoms with Gasteiger partial charge in [0.1, 0.15) is 5.82 Å². The maximum Gasteiger partial charge on any atom is 0.240 e. The molecule has 1 saturated heterocycles. The number of H-pyrrole nitrogens is 1. The number of hydrogen-bond acceptors (Lipinski definition) is 6. The van der Waals surface area contributed by atoms with Crippen LogP contribution in [0.3, 0.4) is 0 Å².